The lowest BCUT2D eigenvalue weighted by Crippen LogP contribution is -2.39. The summed E-state index contributed by atoms with van der Waals surface area (Å²) >= 11 is 0. The molecule has 3 heteroatoms. The normalized spacial score (nSPS) is 18.1. The van der Waals surface area contributed by atoms with E-state index in [1.165, 1.54) is 32.4 Å². The van der Waals surface area contributed by atoms with E-state index in [2.05, 4.69) is 24.8 Å². The Morgan fingerprint density at radius 3 is 2.76 bits per heavy atom. The van der Waals surface area contributed by atoms with Gasteiger partial charge in [0.25, 0.3) is 0 Å². The molecule has 114 valence electrons. The molecule has 0 aliphatic carbocycles. The summed E-state index contributed by atoms with van der Waals surface area (Å²) in [6, 6.07) is 9.51. The maximum atomic E-state index is 8.85. The van der Waals surface area contributed by atoms with Crippen molar-refractivity contribution < 1.29 is 4.74 Å². The third-order valence-corrected chi connectivity index (χ3v) is 4.77. The fourth-order valence-corrected chi connectivity index (χ4v) is 2.80. The van der Waals surface area contributed by atoms with E-state index in [1.54, 1.807) is 12.1 Å². The Hall–Kier alpha value is -1.53. The van der Waals surface area contributed by atoms with Crippen LogP contribution in [0.1, 0.15) is 45.1 Å². The molecule has 0 radical (unpaired) electrons. The largest absolute Gasteiger partial charge is 0.494 e. The fraction of sp³-hybridized carbons (Fsp3) is 0.611. The number of benzene rings is 1. The van der Waals surface area contributed by atoms with Crippen molar-refractivity contribution in [1.29, 1.82) is 5.26 Å². The van der Waals surface area contributed by atoms with Crippen molar-refractivity contribution in [3.05, 3.63) is 29.8 Å². The Kier molecular flexibility index (Phi) is 5.64. The standard InChI is InChI=1S/C18H26N2O/c1-3-18(2)8-11-20(12-9-18)10-5-13-21-17-7-4-6-16(14-17)15-19/h4,6-7,14H,3,5,8-13H2,1-2H3. The van der Waals surface area contributed by atoms with Gasteiger partial charge in [0, 0.05) is 6.54 Å². The van der Waals surface area contributed by atoms with E-state index in [0.29, 0.717) is 11.0 Å². The van der Waals surface area contributed by atoms with Crippen LogP contribution in [0, 0.1) is 16.7 Å². The van der Waals surface area contributed by atoms with Crippen LogP contribution in [0.3, 0.4) is 0 Å². The molecule has 0 N–H and O–H groups in total. The molecule has 1 fully saturated rings. The highest BCUT2D eigenvalue weighted by atomic mass is 16.5. The molecule has 0 atom stereocenters. The summed E-state index contributed by atoms with van der Waals surface area (Å²) < 4.78 is 5.72. The van der Waals surface area contributed by atoms with Crippen molar-refractivity contribution in [2.45, 2.75) is 39.5 Å². The first-order valence-electron chi connectivity index (χ1n) is 8.00. The molecule has 2 rings (SSSR count). The molecular formula is C18H26N2O. The molecule has 1 aliphatic rings. The van der Waals surface area contributed by atoms with Gasteiger partial charge in [0.2, 0.25) is 0 Å². The zero-order valence-corrected chi connectivity index (χ0v) is 13.3. The van der Waals surface area contributed by atoms with Crippen LogP contribution in [0.25, 0.3) is 0 Å². The summed E-state index contributed by atoms with van der Waals surface area (Å²) in [5, 5.41) is 8.85. The predicted molar refractivity (Wildman–Crippen MR) is 85.3 cm³/mol. The number of likely N-dealkylation sites (tertiary alicyclic amines) is 1. The lowest BCUT2D eigenvalue weighted by Gasteiger charge is -2.38. The Morgan fingerprint density at radius 2 is 2.10 bits per heavy atom. The molecule has 1 aromatic rings. The van der Waals surface area contributed by atoms with E-state index < -0.39 is 0 Å². The molecule has 1 heterocycles. The van der Waals surface area contributed by atoms with Gasteiger partial charge in [0.05, 0.1) is 18.2 Å². The minimum absolute atomic E-state index is 0.560. The Balaban J connectivity index is 1.65. The average Bonchev–Trinajstić information content (AvgIpc) is 2.53. The first-order valence-corrected chi connectivity index (χ1v) is 8.00. The molecule has 0 saturated carbocycles. The van der Waals surface area contributed by atoms with E-state index in [9.17, 15) is 0 Å². The van der Waals surface area contributed by atoms with E-state index in [-0.39, 0.29) is 0 Å². The van der Waals surface area contributed by atoms with Crippen LogP contribution in [0.15, 0.2) is 24.3 Å². The van der Waals surface area contributed by atoms with Crippen molar-refractivity contribution in [2.24, 2.45) is 5.41 Å². The summed E-state index contributed by atoms with van der Waals surface area (Å²) in [5.74, 6) is 0.797. The van der Waals surface area contributed by atoms with Crippen molar-refractivity contribution in [3.63, 3.8) is 0 Å². The number of hydrogen-bond donors (Lipinski definition) is 0. The summed E-state index contributed by atoms with van der Waals surface area (Å²) in [6.45, 7) is 8.98. The van der Waals surface area contributed by atoms with Gasteiger partial charge in [-0.2, -0.15) is 5.26 Å². The quantitative estimate of drug-likeness (QED) is 0.745. The minimum atomic E-state index is 0.560. The highest BCUT2D eigenvalue weighted by Crippen LogP contribution is 2.33. The number of piperidine rings is 1. The molecular weight excluding hydrogens is 260 g/mol. The average molecular weight is 286 g/mol. The topological polar surface area (TPSA) is 36.3 Å². The van der Waals surface area contributed by atoms with E-state index in [0.717, 1.165) is 25.3 Å². The number of nitriles is 1. The van der Waals surface area contributed by atoms with Crippen LogP contribution in [0.2, 0.25) is 0 Å². The molecule has 0 unspecified atom stereocenters. The molecule has 21 heavy (non-hydrogen) atoms. The molecule has 0 aromatic heterocycles. The maximum Gasteiger partial charge on any atom is 0.120 e. The summed E-state index contributed by atoms with van der Waals surface area (Å²) in [7, 11) is 0. The van der Waals surface area contributed by atoms with Gasteiger partial charge in [-0.25, -0.2) is 0 Å². The Bertz CT molecular complexity index is 484. The van der Waals surface area contributed by atoms with Crippen molar-refractivity contribution >= 4 is 0 Å². The third kappa shape index (κ3) is 4.75. The smallest absolute Gasteiger partial charge is 0.120 e. The fourth-order valence-electron chi connectivity index (χ4n) is 2.80. The first kappa shape index (κ1) is 15.9. The summed E-state index contributed by atoms with van der Waals surface area (Å²) in [4.78, 5) is 2.55. The lowest BCUT2D eigenvalue weighted by atomic mass is 9.78. The van der Waals surface area contributed by atoms with E-state index in [1.807, 2.05) is 12.1 Å². The molecule has 3 nitrogen and oxygen atoms in total. The van der Waals surface area contributed by atoms with Crippen LogP contribution in [-0.4, -0.2) is 31.1 Å². The minimum Gasteiger partial charge on any atom is -0.494 e. The van der Waals surface area contributed by atoms with Gasteiger partial charge < -0.3 is 9.64 Å². The van der Waals surface area contributed by atoms with Crippen LogP contribution >= 0.6 is 0 Å². The number of hydrogen-bond acceptors (Lipinski definition) is 3. The summed E-state index contributed by atoms with van der Waals surface area (Å²) in [5.41, 5.74) is 1.22. The monoisotopic (exact) mass is 286 g/mol. The van der Waals surface area contributed by atoms with E-state index in [4.69, 9.17) is 10.00 Å². The maximum absolute atomic E-state index is 8.85. The van der Waals surface area contributed by atoms with Crippen molar-refractivity contribution in [2.75, 3.05) is 26.2 Å². The van der Waals surface area contributed by atoms with Crippen LogP contribution in [0.4, 0.5) is 0 Å². The van der Waals surface area contributed by atoms with Gasteiger partial charge in [0.15, 0.2) is 0 Å². The Morgan fingerprint density at radius 1 is 1.33 bits per heavy atom. The molecule has 1 aromatic carbocycles. The van der Waals surface area contributed by atoms with Crippen LogP contribution < -0.4 is 4.74 Å². The van der Waals surface area contributed by atoms with Gasteiger partial charge in [-0.15, -0.1) is 0 Å². The third-order valence-electron chi connectivity index (χ3n) is 4.77. The zero-order chi connectivity index (χ0) is 15.1. The highest BCUT2D eigenvalue weighted by molar-refractivity contribution is 5.36. The van der Waals surface area contributed by atoms with Gasteiger partial charge >= 0.3 is 0 Å². The molecule has 0 amide bonds. The predicted octanol–water partition coefficient (Wildman–Crippen LogP) is 3.84. The molecule has 1 saturated heterocycles. The molecule has 0 bridgehead atoms. The van der Waals surface area contributed by atoms with Crippen molar-refractivity contribution in [1.82, 2.24) is 4.90 Å². The van der Waals surface area contributed by atoms with Gasteiger partial charge in [-0.1, -0.05) is 26.3 Å². The first-order chi connectivity index (χ1) is 10.1. The summed E-state index contributed by atoms with van der Waals surface area (Å²) in [6.07, 6.45) is 4.96. The van der Waals surface area contributed by atoms with Gasteiger partial charge in [0.1, 0.15) is 5.75 Å². The number of ether oxygens (including phenoxy) is 1. The van der Waals surface area contributed by atoms with Crippen LogP contribution in [-0.2, 0) is 0 Å². The van der Waals surface area contributed by atoms with Crippen molar-refractivity contribution in [3.8, 4) is 11.8 Å². The number of rotatable bonds is 6. The Labute approximate surface area is 128 Å². The lowest BCUT2D eigenvalue weighted by molar-refractivity contribution is 0.109. The second-order valence-electron chi connectivity index (χ2n) is 6.35. The van der Waals surface area contributed by atoms with Gasteiger partial charge in [-0.3, -0.25) is 0 Å². The second kappa shape index (κ2) is 7.47. The van der Waals surface area contributed by atoms with E-state index >= 15 is 0 Å². The SMILES string of the molecule is CCC1(C)CCN(CCCOc2cccc(C#N)c2)CC1. The number of nitrogens with zero attached hydrogens (tertiary/aromatic N) is 2. The molecule has 1 aliphatic heterocycles. The second-order valence-corrected chi connectivity index (χ2v) is 6.35. The van der Waals surface area contributed by atoms with Gasteiger partial charge in [-0.05, 0) is 56.0 Å². The highest BCUT2D eigenvalue weighted by Gasteiger charge is 2.27. The zero-order valence-electron chi connectivity index (χ0n) is 13.3. The van der Waals surface area contributed by atoms with Crippen LogP contribution in [0.5, 0.6) is 5.75 Å². The molecule has 0 spiro atoms.